The molecule has 52 heavy (non-hydrogen) atoms. The van der Waals surface area contributed by atoms with E-state index in [1.807, 2.05) is 0 Å². The largest absolute Gasteiger partial charge is 0.453 e. The highest BCUT2D eigenvalue weighted by atomic mass is 31.2. The Bertz CT molecular complexity index is 2080. The molecule has 0 bridgehead atoms. The Labute approximate surface area is 311 Å². The molecule has 7 heteroatoms. The molecule has 2 aliphatic rings. The number of rotatable bonds is 7. The van der Waals surface area contributed by atoms with Gasteiger partial charge < -0.3 is 24.3 Å². The summed E-state index contributed by atoms with van der Waals surface area (Å²) in [7, 11) is -2.11. The molecule has 0 spiro atoms. The van der Waals surface area contributed by atoms with E-state index in [1.54, 1.807) is 0 Å². The lowest BCUT2D eigenvalue weighted by atomic mass is 9.71. The maximum atomic E-state index is 6.93. The summed E-state index contributed by atoms with van der Waals surface area (Å²) < 4.78 is 13.7. The minimum atomic E-state index is -1.18. The van der Waals surface area contributed by atoms with E-state index in [1.165, 1.54) is 55.0 Å². The van der Waals surface area contributed by atoms with Crippen LogP contribution in [0.5, 0.6) is 11.5 Å². The summed E-state index contributed by atoms with van der Waals surface area (Å²) in [6, 6.07) is 39.7. The van der Waals surface area contributed by atoms with Gasteiger partial charge in [0.1, 0.15) is 11.5 Å². The van der Waals surface area contributed by atoms with Gasteiger partial charge in [-0.05, 0) is 75.0 Å². The predicted molar refractivity (Wildman–Crippen MR) is 225 cm³/mol. The monoisotopic (exact) mass is 725 g/mol. The van der Waals surface area contributed by atoms with E-state index in [4.69, 9.17) is 9.05 Å². The molecule has 5 nitrogen and oxygen atoms in total. The fraction of sp³-hybridized carbons (Fsp3) is 0.289. The van der Waals surface area contributed by atoms with Gasteiger partial charge in [-0.1, -0.05) is 134 Å². The first kappa shape index (κ1) is 34.8. The minimum absolute atomic E-state index is 0.109. The fourth-order valence-electron chi connectivity index (χ4n) is 7.72. The summed E-state index contributed by atoms with van der Waals surface area (Å²) >= 11 is 0. The minimum Gasteiger partial charge on any atom is -0.453 e. The first-order valence-electron chi connectivity index (χ1n) is 18.4. The molecule has 2 aliphatic heterocycles. The zero-order chi connectivity index (χ0) is 36.4. The highest BCUT2D eigenvalue weighted by Crippen LogP contribution is 2.53. The summed E-state index contributed by atoms with van der Waals surface area (Å²) in [6.07, 6.45) is 1.83. The van der Waals surface area contributed by atoms with Crippen LogP contribution in [0.25, 0.3) is 21.5 Å². The van der Waals surface area contributed by atoms with E-state index in [9.17, 15) is 0 Å². The van der Waals surface area contributed by atoms with E-state index < -0.39 is 16.7 Å². The van der Waals surface area contributed by atoms with Crippen molar-refractivity contribution in [1.29, 1.82) is 0 Å². The first-order chi connectivity index (χ1) is 24.8. The SMILES string of the molecule is CCC(C)(c1ccc(OP2Cc3cccc4cccc(c34)N2)c(C(C)(C)C)c1)c1ccc(OP2Nc3cccc4cccc(c34)N2)c(C(C)(C)C)c1. The quantitative estimate of drug-likeness (QED) is 0.143. The van der Waals surface area contributed by atoms with Gasteiger partial charge in [-0.3, -0.25) is 0 Å². The normalized spacial score (nSPS) is 16.8. The summed E-state index contributed by atoms with van der Waals surface area (Å²) in [6.45, 7) is 18.4. The molecule has 2 atom stereocenters. The van der Waals surface area contributed by atoms with Gasteiger partial charge in [0.05, 0.1) is 11.4 Å². The zero-order valence-corrected chi connectivity index (χ0v) is 33.3. The third kappa shape index (κ3) is 6.27. The number of benzene rings is 6. The molecule has 6 aromatic carbocycles. The second kappa shape index (κ2) is 13.0. The molecule has 0 saturated heterocycles. The lowest BCUT2D eigenvalue weighted by molar-refractivity contribution is 0.513. The molecule has 0 radical (unpaired) electrons. The fourth-order valence-corrected chi connectivity index (χ4v) is 10.6. The molecule has 6 aromatic rings. The van der Waals surface area contributed by atoms with E-state index in [0.29, 0.717) is 0 Å². The molecule has 2 unspecified atom stereocenters. The van der Waals surface area contributed by atoms with E-state index >= 15 is 0 Å². The molecule has 8 rings (SSSR count). The van der Waals surface area contributed by atoms with Gasteiger partial charge in [-0.15, -0.1) is 0 Å². The molecule has 0 fully saturated rings. The van der Waals surface area contributed by atoms with Gasteiger partial charge in [0.15, 0.2) is 8.30 Å². The van der Waals surface area contributed by atoms with Gasteiger partial charge in [-0.25, -0.2) is 0 Å². The van der Waals surface area contributed by atoms with Gasteiger partial charge in [0.2, 0.25) is 0 Å². The molecule has 2 heterocycles. The molecular formula is C45H49N3O2P2. The summed E-state index contributed by atoms with van der Waals surface area (Å²) in [5.74, 6) is 1.87. The Balaban J connectivity index is 1.10. The molecular weight excluding hydrogens is 676 g/mol. The Kier molecular flexibility index (Phi) is 8.68. The van der Waals surface area contributed by atoms with Crippen LogP contribution in [-0.4, -0.2) is 0 Å². The van der Waals surface area contributed by atoms with Crippen molar-refractivity contribution in [2.45, 2.75) is 84.2 Å². The maximum Gasteiger partial charge on any atom is 0.304 e. The lowest BCUT2D eigenvalue weighted by Crippen LogP contribution is -2.25. The summed E-state index contributed by atoms with van der Waals surface area (Å²) in [5.41, 5.74) is 9.29. The van der Waals surface area contributed by atoms with Crippen molar-refractivity contribution in [1.82, 2.24) is 0 Å². The average Bonchev–Trinajstić information content (AvgIpc) is 3.11. The Morgan fingerprint density at radius 3 is 1.56 bits per heavy atom. The van der Waals surface area contributed by atoms with Gasteiger partial charge in [-0.2, -0.15) is 0 Å². The number of hydrogen-bond donors (Lipinski definition) is 3. The highest BCUT2D eigenvalue weighted by Gasteiger charge is 2.34. The Morgan fingerprint density at radius 2 is 1.04 bits per heavy atom. The van der Waals surface area contributed by atoms with Gasteiger partial charge >= 0.3 is 8.45 Å². The molecule has 0 saturated carbocycles. The predicted octanol–water partition coefficient (Wildman–Crippen LogP) is 13.8. The van der Waals surface area contributed by atoms with Crippen molar-refractivity contribution in [2.75, 3.05) is 15.3 Å². The van der Waals surface area contributed by atoms with Crippen LogP contribution in [0.15, 0.2) is 109 Å². The van der Waals surface area contributed by atoms with Crippen LogP contribution in [-0.2, 0) is 22.4 Å². The zero-order valence-electron chi connectivity index (χ0n) is 31.5. The van der Waals surface area contributed by atoms with Crippen molar-refractivity contribution in [3.05, 3.63) is 137 Å². The smallest absolute Gasteiger partial charge is 0.304 e. The lowest BCUT2D eigenvalue weighted by Gasteiger charge is -2.35. The third-order valence-electron chi connectivity index (χ3n) is 10.9. The second-order valence-electron chi connectivity index (χ2n) is 16.5. The maximum absolute atomic E-state index is 6.93. The number of hydrogen-bond acceptors (Lipinski definition) is 5. The van der Waals surface area contributed by atoms with Crippen molar-refractivity contribution in [3.63, 3.8) is 0 Å². The number of anilines is 3. The highest BCUT2D eigenvalue weighted by molar-refractivity contribution is 7.56. The van der Waals surface area contributed by atoms with Crippen LogP contribution in [0.4, 0.5) is 17.1 Å². The molecule has 0 aliphatic carbocycles. The second-order valence-corrected chi connectivity index (χ2v) is 19.2. The topological polar surface area (TPSA) is 54.5 Å². The van der Waals surface area contributed by atoms with E-state index in [2.05, 4.69) is 180 Å². The molecule has 3 N–H and O–H groups in total. The third-order valence-corrected chi connectivity index (χ3v) is 13.7. The summed E-state index contributed by atoms with van der Waals surface area (Å²) in [5, 5.41) is 16.1. The van der Waals surface area contributed by atoms with Gasteiger partial charge in [0.25, 0.3) is 0 Å². The molecule has 0 aromatic heterocycles. The van der Waals surface area contributed by atoms with Crippen molar-refractivity contribution in [2.24, 2.45) is 0 Å². The van der Waals surface area contributed by atoms with Crippen LogP contribution in [0.3, 0.4) is 0 Å². The van der Waals surface area contributed by atoms with Crippen molar-refractivity contribution >= 4 is 55.4 Å². The average molecular weight is 726 g/mol. The Hall–Kier alpha value is -4.30. The van der Waals surface area contributed by atoms with Crippen LogP contribution in [0.2, 0.25) is 0 Å². The standard InChI is InChI=1S/C45H49N3O2P2/c1-9-45(8,32-22-24-39(34(26-32)43(2,3)4)49-51-28-31-18-10-14-29-15-11-19-36(46-51)41(29)31)33-23-25-40(35(27-33)44(5,6)7)50-52-47-37-20-12-16-30-17-13-21-38(48-52)42(30)37/h10-27,46-48H,9,28H2,1-8H3. The van der Waals surface area contributed by atoms with Crippen LogP contribution in [0.1, 0.15) is 89.6 Å². The summed E-state index contributed by atoms with van der Waals surface area (Å²) in [4.78, 5) is 0. The first-order valence-corrected chi connectivity index (χ1v) is 21.1. The van der Waals surface area contributed by atoms with E-state index in [0.717, 1.165) is 35.5 Å². The van der Waals surface area contributed by atoms with E-state index in [-0.39, 0.29) is 16.2 Å². The van der Waals surface area contributed by atoms with Crippen molar-refractivity contribution < 1.29 is 9.05 Å². The molecule has 266 valence electrons. The van der Waals surface area contributed by atoms with Gasteiger partial charge in [0, 0.05) is 39.2 Å². The van der Waals surface area contributed by atoms with Crippen LogP contribution in [0, 0.1) is 0 Å². The van der Waals surface area contributed by atoms with Crippen LogP contribution >= 0.6 is 16.7 Å². The van der Waals surface area contributed by atoms with Crippen molar-refractivity contribution in [3.8, 4) is 11.5 Å². The number of nitrogens with one attached hydrogen (secondary N) is 3. The Morgan fingerprint density at radius 1 is 0.558 bits per heavy atom. The van der Waals surface area contributed by atoms with Crippen LogP contribution < -0.4 is 24.3 Å². The molecule has 0 amide bonds.